The third kappa shape index (κ3) is 6.86. The number of aliphatic hydroxyl groups excluding tert-OH is 8. The van der Waals surface area contributed by atoms with E-state index in [2.05, 4.69) is 47.6 Å². The molecule has 0 bridgehead atoms. The van der Waals surface area contributed by atoms with Gasteiger partial charge in [-0.25, -0.2) is 0 Å². The van der Waals surface area contributed by atoms with Crippen LogP contribution in [0, 0.1) is 45.3 Å². The Morgan fingerprint density at radius 3 is 2.13 bits per heavy atom. The van der Waals surface area contributed by atoms with Gasteiger partial charge in [0, 0.05) is 12.0 Å². The molecule has 0 amide bonds. The van der Waals surface area contributed by atoms with Gasteiger partial charge in [0.2, 0.25) is 0 Å². The molecule has 0 aromatic carbocycles. The predicted octanol–water partition coefficient (Wildman–Crippen LogP) is 1.76. The second kappa shape index (κ2) is 15.4. The molecule has 54 heavy (non-hydrogen) atoms. The number of rotatable bonds is 10. The maximum atomic E-state index is 12.2. The molecule has 9 N–H and O–H groups in total. The Morgan fingerprint density at radius 2 is 1.48 bits per heavy atom. The van der Waals surface area contributed by atoms with Crippen molar-refractivity contribution in [2.45, 2.75) is 179 Å². The third-order valence-corrected chi connectivity index (χ3v) is 16.2. The van der Waals surface area contributed by atoms with E-state index in [4.69, 9.17) is 18.9 Å². The fraction of sp³-hybridized carbons (Fsp3) is 0.951. The minimum absolute atomic E-state index is 0.00692. The standard InChI is InChI=1S/C41H70O13/c1-21(2)9-8-13-40(7,50)22-10-14-39(6)29(22)23(44)17-27-38(39,5)15-11-26-37(3,4)28(12-16-41(26,27)20-43)53-36-34(30(46)24(45)19-51-36)54-35-33(49)32(48)31(47)25(18-42)52-35/h9,22-36,42-50H,8,10-20H2,1-7H3. The van der Waals surface area contributed by atoms with E-state index in [1.165, 1.54) is 5.57 Å². The van der Waals surface area contributed by atoms with Gasteiger partial charge in [-0.15, -0.1) is 0 Å². The van der Waals surface area contributed by atoms with Gasteiger partial charge in [0.05, 0.1) is 31.0 Å². The molecule has 4 saturated carbocycles. The lowest BCUT2D eigenvalue weighted by Gasteiger charge is -2.71. The molecule has 6 aliphatic rings. The van der Waals surface area contributed by atoms with E-state index in [9.17, 15) is 46.0 Å². The second-order valence-corrected chi connectivity index (χ2v) is 19.6. The van der Waals surface area contributed by atoms with Crippen molar-refractivity contribution in [3.63, 3.8) is 0 Å². The summed E-state index contributed by atoms with van der Waals surface area (Å²) in [5.41, 5.74) is -1.10. The van der Waals surface area contributed by atoms with E-state index in [1.807, 2.05) is 6.92 Å². The number of ether oxygens (including phenoxy) is 4. The van der Waals surface area contributed by atoms with E-state index >= 15 is 0 Å². The van der Waals surface area contributed by atoms with Gasteiger partial charge in [0.15, 0.2) is 12.6 Å². The van der Waals surface area contributed by atoms with Crippen molar-refractivity contribution in [3.05, 3.63) is 11.6 Å². The number of hydrogen-bond acceptors (Lipinski definition) is 13. The normalized spacial score (nSPS) is 51.4. The smallest absolute Gasteiger partial charge is 0.187 e. The van der Waals surface area contributed by atoms with Crippen LogP contribution in [-0.4, -0.2) is 139 Å². The lowest BCUT2D eigenvalue weighted by atomic mass is 9.34. The van der Waals surface area contributed by atoms with E-state index in [0.29, 0.717) is 25.7 Å². The van der Waals surface area contributed by atoms with Gasteiger partial charge in [0.25, 0.3) is 0 Å². The quantitative estimate of drug-likeness (QED) is 0.114. The summed E-state index contributed by atoms with van der Waals surface area (Å²) in [6, 6.07) is 0. The zero-order chi connectivity index (χ0) is 39.8. The van der Waals surface area contributed by atoms with Crippen LogP contribution in [0.3, 0.4) is 0 Å². The van der Waals surface area contributed by atoms with E-state index in [0.717, 1.165) is 32.1 Å². The van der Waals surface area contributed by atoms with Crippen molar-refractivity contribution in [1.29, 1.82) is 0 Å². The summed E-state index contributed by atoms with van der Waals surface area (Å²) < 4.78 is 24.1. The van der Waals surface area contributed by atoms with Crippen LogP contribution >= 0.6 is 0 Å². The molecular weight excluding hydrogens is 700 g/mol. The first-order chi connectivity index (χ1) is 25.2. The van der Waals surface area contributed by atoms with Crippen molar-refractivity contribution >= 4 is 0 Å². The second-order valence-electron chi connectivity index (χ2n) is 19.6. The molecule has 4 aliphatic carbocycles. The zero-order valence-corrected chi connectivity index (χ0v) is 33.4. The van der Waals surface area contributed by atoms with Gasteiger partial charge in [0.1, 0.15) is 42.7 Å². The maximum Gasteiger partial charge on any atom is 0.187 e. The highest BCUT2D eigenvalue weighted by Gasteiger charge is 2.72. The van der Waals surface area contributed by atoms with Crippen LogP contribution in [0.4, 0.5) is 0 Å². The maximum absolute atomic E-state index is 12.2. The van der Waals surface area contributed by atoms with E-state index in [1.54, 1.807) is 0 Å². The van der Waals surface area contributed by atoms with Crippen LogP contribution in [0.15, 0.2) is 11.6 Å². The molecule has 19 unspecified atom stereocenters. The molecule has 0 aromatic heterocycles. The Bertz CT molecular complexity index is 1340. The molecular formula is C41H70O13. The Morgan fingerprint density at radius 1 is 0.796 bits per heavy atom. The van der Waals surface area contributed by atoms with Crippen LogP contribution in [0.2, 0.25) is 0 Å². The number of aliphatic hydroxyl groups is 9. The van der Waals surface area contributed by atoms with Gasteiger partial charge in [-0.1, -0.05) is 39.3 Å². The number of allylic oxidation sites excluding steroid dienone is 2. The Hall–Kier alpha value is -0.780. The Kier molecular flexibility index (Phi) is 12.2. The van der Waals surface area contributed by atoms with Crippen molar-refractivity contribution in [2.24, 2.45) is 45.3 Å². The third-order valence-electron chi connectivity index (χ3n) is 16.2. The molecule has 0 radical (unpaired) electrons. The van der Waals surface area contributed by atoms with Gasteiger partial charge in [-0.3, -0.25) is 0 Å². The first-order valence-corrected chi connectivity index (χ1v) is 20.4. The van der Waals surface area contributed by atoms with Gasteiger partial charge in [-0.2, -0.15) is 0 Å². The molecule has 13 nitrogen and oxygen atoms in total. The molecule has 19 atom stereocenters. The summed E-state index contributed by atoms with van der Waals surface area (Å²) in [7, 11) is 0. The Balaban J connectivity index is 1.22. The SMILES string of the molecule is CC(C)=CCCC(C)(O)C1CCC2(C)C1C(O)CC1C3(CO)CCC(OC4OCC(O)C(O)C4OC4OC(CO)C(O)C(O)C4O)C(C)(C)C3CCC12C. The highest BCUT2D eigenvalue weighted by atomic mass is 16.8. The molecule has 2 aliphatic heterocycles. The molecule has 0 spiro atoms. The number of hydrogen-bond donors (Lipinski definition) is 9. The van der Waals surface area contributed by atoms with Gasteiger partial charge in [-0.05, 0) is 118 Å². The Labute approximate surface area is 320 Å². The van der Waals surface area contributed by atoms with E-state index < -0.39 is 90.6 Å². The minimum Gasteiger partial charge on any atom is -0.396 e. The average Bonchev–Trinajstić information content (AvgIpc) is 3.50. The van der Waals surface area contributed by atoms with Gasteiger partial charge >= 0.3 is 0 Å². The van der Waals surface area contributed by atoms with Crippen molar-refractivity contribution in [3.8, 4) is 0 Å². The summed E-state index contributed by atoms with van der Waals surface area (Å²) in [6.07, 6.45) is -5.40. The van der Waals surface area contributed by atoms with Crippen LogP contribution in [0.25, 0.3) is 0 Å². The molecule has 2 saturated heterocycles. The topological polar surface area (TPSA) is 219 Å². The fourth-order valence-electron chi connectivity index (χ4n) is 13.0. The van der Waals surface area contributed by atoms with Crippen LogP contribution < -0.4 is 0 Å². The molecule has 6 fully saturated rings. The van der Waals surface area contributed by atoms with Crippen LogP contribution in [-0.2, 0) is 18.9 Å². The van der Waals surface area contributed by atoms with Crippen molar-refractivity contribution < 1.29 is 64.9 Å². The highest BCUT2D eigenvalue weighted by molar-refractivity contribution is 5.21. The molecule has 13 heteroatoms. The summed E-state index contributed by atoms with van der Waals surface area (Å²) >= 11 is 0. The monoisotopic (exact) mass is 770 g/mol. The van der Waals surface area contributed by atoms with Crippen molar-refractivity contribution in [2.75, 3.05) is 19.8 Å². The summed E-state index contributed by atoms with van der Waals surface area (Å²) in [4.78, 5) is 0. The highest BCUT2D eigenvalue weighted by Crippen LogP contribution is 2.76. The average molecular weight is 771 g/mol. The molecule has 0 aromatic rings. The summed E-state index contributed by atoms with van der Waals surface area (Å²) in [5, 5.41) is 98.2. The molecule has 312 valence electrons. The first-order valence-electron chi connectivity index (χ1n) is 20.4. The number of fused-ring (bicyclic) bond motifs is 5. The molecule has 2 heterocycles. The van der Waals surface area contributed by atoms with Gasteiger partial charge < -0.3 is 64.9 Å². The van der Waals surface area contributed by atoms with E-state index in [-0.39, 0.29) is 47.7 Å². The predicted molar refractivity (Wildman–Crippen MR) is 196 cm³/mol. The van der Waals surface area contributed by atoms with Crippen molar-refractivity contribution in [1.82, 2.24) is 0 Å². The fourth-order valence-corrected chi connectivity index (χ4v) is 13.0. The largest absolute Gasteiger partial charge is 0.396 e. The first kappa shape index (κ1) is 42.8. The summed E-state index contributed by atoms with van der Waals surface area (Å²) in [6.45, 7) is 14.1. The zero-order valence-electron chi connectivity index (χ0n) is 33.4. The summed E-state index contributed by atoms with van der Waals surface area (Å²) in [5.74, 6) is -0.0322. The lowest BCUT2D eigenvalue weighted by Crippen LogP contribution is -2.68. The minimum atomic E-state index is -1.72. The van der Waals surface area contributed by atoms with Crippen LogP contribution in [0.1, 0.15) is 106 Å². The molecule has 6 rings (SSSR count). The van der Waals surface area contributed by atoms with Crippen LogP contribution in [0.5, 0.6) is 0 Å². The lowest BCUT2D eigenvalue weighted by molar-refractivity contribution is -0.368.